The Labute approximate surface area is 125 Å². The van der Waals surface area contributed by atoms with Crippen LogP contribution in [0.15, 0.2) is 33.6 Å². The van der Waals surface area contributed by atoms with Crippen molar-refractivity contribution in [2.45, 2.75) is 46.4 Å². The Morgan fingerprint density at radius 1 is 1.10 bits per heavy atom. The van der Waals surface area contributed by atoms with Crippen molar-refractivity contribution < 1.29 is 4.92 Å². The van der Waals surface area contributed by atoms with E-state index in [4.69, 9.17) is 0 Å². The predicted molar refractivity (Wildman–Crippen MR) is 85.3 cm³/mol. The molecule has 0 amide bonds. The minimum atomic E-state index is -0.369. The molecule has 0 radical (unpaired) electrons. The smallest absolute Gasteiger partial charge is 0.258 e. The molecule has 0 aromatic heterocycles. The highest BCUT2D eigenvalue weighted by molar-refractivity contribution is 7.98. The maximum atomic E-state index is 11.0. The Morgan fingerprint density at radius 2 is 1.60 bits per heavy atom. The topological polar surface area (TPSA) is 55.5 Å². The van der Waals surface area contributed by atoms with Gasteiger partial charge in [-0.1, -0.05) is 53.7 Å². The number of rotatable bonds is 3. The Kier molecular flexibility index (Phi) is 4.97. The third kappa shape index (κ3) is 4.34. The van der Waals surface area contributed by atoms with Crippen LogP contribution < -0.4 is 0 Å². The van der Waals surface area contributed by atoms with E-state index in [-0.39, 0.29) is 21.4 Å². The molecule has 5 heteroatoms. The van der Waals surface area contributed by atoms with E-state index in [1.807, 2.05) is 0 Å². The number of nitro benzene ring substituents is 1. The molecule has 0 aliphatic rings. The van der Waals surface area contributed by atoms with Crippen molar-refractivity contribution in [2.24, 2.45) is 15.2 Å². The molecule has 1 aromatic rings. The van der Waals surface area contributed by atoms with Gasteiger partial charge in [0.25, 0.3) is 5.69 Å². The van der Waals surface area contributed by atoms with E-state index in [1.54, 1.807) is 18.2 Å². The Morgan fingerprint density at radius 3 is 2.05 bits per heavy atom. The molecule has 4 nitrogen and oxygen atoms in total. The van der Waals surface area contributed by atoms with E-state index in [0.29, 0.717) is 4.90 Å². The summed E-state index contributed by atoms with van der Waals surface area (Å²) in [6.45, 7) is 12.6. The van der Waals surface area contributed by atoms with Gasteiger partial charge in [0.2, 0.25) is 0 Å². The quantitative estimate of drug-likeness (QED) is 0.336. The Balaban J connectivity index is 3.15. The number of para-hydroxylation sites is 1. The van der Waals surface area contributed by atoms with Gasteiger partial charge in [-0.05, 0) is 6.07 Å². The van der Waals surface area contributed by atoms with E-state index in [2.05, 4.69) is 45.9 Å². The monoisotopic (exact) mass is 294 g/mol. The molecule has 110 valence electrons. The van der Waals surface area contributed by atoms with Gasteiger partial charge in [-0.3, -0.25) is 10.1 Å². The van der Waals surface area contributed by atoms with E-state index < -0.39 is 0 Å². The third-order valence-electron chi connectivity index (χ3n) is 2.72. The molecule has 0 fully saturated rings. The normalized spacial score (nSPS) is 12.1. The summed E-state index contributed by atoms with van der Waals surface area (Å²) in [6, 6.07) is 6.69. The molecule has 0 saturated carbocycles. The number of benzene rings is 1. The number of nitro groups is 1. The fourth-order valence-electron chi connectivity index (χ4n) is 2.18. The van der Waals surface area contributed by atoms with Crippen molar-refractivity contribution in [3.8, 4) is 0 Å². The largest absolute Gasteiger partial charge is 0.284 e. The van der Waals surface area contributed by atoms with E-state index in [0.717, 1.165) is 5.71 Å². The maximum absolute atomic E-state index is 11.0. The number of hydrogen-bond acceptors (Lipinski definition) is 4. The molecule has 0 bridgehead atoms. The lowest BCUT2D eigenvalue weighted by Gasteiger charge is -2.31. The van der Waals surface area contributed by atoms with Crippen LogP contribution in [0.3, 0.4) is 0 Å². The molecular weight excluding hydrogens is 272 g/mol. The van der Waals surface area contributed by atoms with Gasteiger partial charge in [0.05, 0.1) is 4.92 Å². The van der Waals surface area contributed by atoms with Crippen molar-refractivity contribution in [2.75, 3.05) is 0 Å². The van der Waals surface area contributed by atoms with Crippen LogP contribution in [0.4, 0.5) is 5.69 Å². The van der Waals surface area contributed by atoms with Crippen molar-refractivity contribution in [3.63, 3.8) is 0 Å². The van der Waals surface area contributed by atoms with Gasteiger partial charge in [0.1, 0.15) is 4.90 Å². The minimum absolute atomic E-state index is 0.0746. The molecule has 0 spiro atoms. The van der Waals surface area contributed by atoms with E-state index >= 15 is 0 Å². The second kappa shape index (κ2) is 5.95. The molecule has 0 unspecified atom stereocenters. The van der Waals surface area contributed by atoms with Crippen LogP contribution >= 0.6 is 11.9 Å². The van der Waals surface area contributed by atoms with Crippen molar-refractivity contribution in [1.29, 1.82) is 0 Å². The second-order valence-electron chi connectivity index (χ2n) is 6.76. The fraction of sp³-hybridized carbons (Fsp3) is 0.533. The number of hydrogen-bond donors (Lipinski definition) is 0. The van der Waals surface area contributed by atoms with Gasteiger partial charge >= 0.3 is 0 Å². The summed E-state index contributed by atoms with van der Waals surface area (Å²) in [7, 11) is 0. The highest BCUT2D eigenvalue weighted by atomic mass is 32.2. The molecule has 20 heavy (non-hydrogen) atoms. The highest BCUT2D eigenvalue weighted by Crippen LogP contribution is 2.35. The van der Waals surface area contributed by atoms with Crippen LogP contribution in [-0.2, 0) is 0 Å². The average Bonchev–Trinajstić information content (AvgIpc) is 2.25. The average molecular weight is 294 g/mol. The third-order valence-corrected chi connectivity index (χ3v) is 3.53. The zero-order valence-electron chi connectivity index (χ0n) is 12.9. The summed E-state index contributed by atoms with van der Waals surface area (Å²) in [6.07, 6.45) is 0. The van der Waals surface area contributed by atoms with Gasteiger partial charge in [0, 0.05) is 34.6 Å². The van der Waals surface area contributed by atoms with Crippen molar-refractivity contribution in [1.82, 2.24) is 0 Å². The first kappa shape index (κ1) is 16.7. The number of nitrogens with zero attached hydrogens (tertiary/aromatic N) is 2. The van der Waals surface area contributed by atoms with Crippen LogP contribution in [-0.4, -0.2) is 10.6 Å². The van der Waals surface area contributed by atoms with Crippen LogP contribution in [0, 0.1) is 20.9 Å². The molecule has 0 N–H and O–H groups in total. The van der Waals surface area contributed by atoms with Gasteiger partial charge in [-0.2, -0.15) is 0 Å². The fourth-order valence-corrected chi connectivity index (χ4v) is 3.29. The standard InChI is InChI=1S/C15H22N2O2S/c1-14(2,3)13(15(4,5)6)16-20-12-10-8-7-9-11(12)17(18)19/h7-10H,1-6H3. The zero-order valence-corrected chi connectivity index (χ0v) is 13.7. The zero-order chi connectivity index (χ0) is 15.6. The molecule has 0 atom stereocenters. The van der Waals surface area contributed by atoms with Crippen LogP contribution in [0.1, 0.15) is 41.5 Å². The van der Waals surface area contributed by atoms with Crippen LogP contribution in [0.2, 0.25) is 0 Å². The second-order valence-corrected chi connectivity index (χ2v) is 7.56. The highest BCUT2D eigenvalue weighted by Gasteiger charge is 2.30. The molecule has 0 aliphatic carbocycles. The van der Waals surface area contributed by atoms with Gasteiger partial charge < -0.3 is 0 Å². The molecular formula is C15H22N2O2S. The molecule has 0 saturated heterocycles. The molecule has 1 rings (SSSR count). The van der Waals surface area contributed by atoms with Gasteiger partial charge in [-0.25, -0.2) is 4.40 Å². The summed E-state index contributed by atoms with van der Waals surface area (Å²) in [5.74, 6) is 0. The Hall–Kier alpha value is -1.36. The first-order valence-electron chi connectivity index (χ1n) is 6.53. The SMILES string of the molecule is CC(C)(C)C(=NSc1ccccc1[N+](=O)[O-])C(C)(C)C. The van der Waals surface area contributed by atoms with Crippen molar-refractivity contribution in [3.05, 3.63) is 34.4 Å². The van der Waals surface area contributed by atoms with E-state index in [1.165, 1.54) is 18.0 Å². The lowest BCUT2D eigenvalue weighted by molar-refractivity contribution is -0.387. The molecule has 0 aliphatic heterocycles. The van der Waals surface area contributed by atoms with Crippen LogP contribution in [0.5, 0.6) is 0 Å². The van der Waals surface area contributed by atoms with Gasteiger partial charge in [-0.15, -0.1) is 0 Å². The maximum Gasteiger partial charge on any atom is 0.284 e. The Bertz CT molecular complexity index is 509. The van der Waals surface area contributed by atoms with Crippen LogP contribution in [0.25, 0.3) is 0 Å². The molecule has 1 aromatic carbocycles. The first-order chi connectivity index (χ1) is 9.03. The lowest BCUT2D eigenvalue weighted by atomic mass is 9.75. The summed E-state index contributed by atoms with van der Waals surface area (Å²) in [5.41, 5.74) is 0.987. The van der Waals surface area contributed by atoms with E-state index in [9.17, 15) is 10.1 Å². The molecule has 0 heterocycles. The minimum Gasteiger partial charge on any atom is -0.258 e. The summed E-state index contributed by atoms with van der Waals surface area (Å²) >= 11 is 1.18. The lowest BCUT2D eigenvalue weighted by Crippen LogP contribution is -2.32. The summed E-state index contributed by atoms with van der Waals surface area (Å²) in [4.78, 5) is 11.2. The summed E-state index contributed by atoms with van der Waals surface area (Å²) < 4.78 is 4.61. The predicted octanol–water partition coefficient (Wildman–Crippen LogP) is 5.14. The van der Waals surface area contributed by atoms with Crippen molar-refractivity contribution >= 4 is 23.3 Å². The first-order valence-corrected chi connectivity index (χ1v) is 7.30. The summed E-state index contributed by atoms with van der Waals surface area (Å²) in [5, 5.41) is 11.0. The van der Waals surface area contributed by atoms with Gasteiger partial charge in [0.15, 0.2) is 0 Å².